The number of carboxylic acid groups (broad SMARTS) is 1. The summed E-state index contributed by atoms with van der Waals surface area (Å²) in [6, 6.07) is 1.54. The Hall–Kier alpha value is -1.08. The summed E-state index contributed by atoms with van der Waals surface area (Å²) in [5, 5.41) is 16.7. The Kier molecular flexibility index (Phi) is 3.02. The number of carboxylic acids is 1. The van der Waals surface area contributed by atoms with Crippen molar-refractivity contribution in [2.24, 2.45) is 0 Å². The van der Waals surface area contributed by atoms with Crippen LogP contribution in [0.2, 0.25) is 0 Å². The van der Waals surface area contributed by atoms with E-state index in [-0.39, 0.29) is 0 Å². The van der Waals surface area contributed by atoms with E-state index in [1.807, 2.05) is 0 Å². The molecule has 1 unspecified atom stereocenters. The SMILES string of the molecule is CC(C)(C)OC(C#N)C(=O)O. The van der Waals surface area contributed by atoms with Crippen LogP contribution in [-0.4, -0.2) is 22.8 Å². The Bertz CT molecular complexity index is 187. The van der Waals surface area contributed by atoms with E-state index in [9.17, 15) is 4.79 Å². The lowest BCUT2D eigenvalue weighted by Gasteiger charge is -2.20. The molecule has 0 aromatic rings. The van der Waals surface area contributed by atoms with E-state index in [2.05, 4.69) is 0 Å². The van der Waals surface area contributed by atoms with Gasteiger partial charge in [-0.25, -0.2) is 4.79 Å². The van der Waals surface area contributed by atoms with Crippen LogP contribution < -0.4 is 0 Å². The minimum Gasteiger partial charge on any atom is -0.479 e. The third kappa shape index (κ3) is 4.34. The first-order chi connectivity index (χ1) is 4.87. The Balaban J connectivity index is 4.13. The minimum atomic E-state index is -1.37. The molecule has 4 nitrogen and oxygen atoms in total. The Morgan fingerprint density at radius 3 is 2.18 bits per heavy atom. The number of ether oxygens (including phenoxy) is 1. The van der Waals surface area contributed by atoms with Gasteiger partial charge in [0.1, 0.15) is 6.07 Å². The van der Waals surface area contributed by atoms with Crippen molar-refractivity contribution in [3.8, 4) is 6.07 Å². The molecule has 0 saturated carbocycles. The molecule has 0 spiro atoms. The van der Waals surface area contributed by atoms with Crippen LogP contribution >= 0.6 is 0 Å². The first-order valence-electron chi connectivity index (χ1n) is 3.17. The van der Waals surface area contributed by atoms with Crippen LogP contribution in [0.1, 0.15) is 20.8 Å². The molecule has 1 N–H and O–H groups in total. The van der Waals surface area contributed by atoms with E-state index >= 15 is 0 Å². The zero-order chi connectivity index (χ0) is 9.07. The van der Waals surface area contributed by atoms with Crippen LogP contribution in [0.3, 0.4) is 0 Å². The van der Waals surface area contributed by atoms with Crippen molar-refractivity contribution < 1.29 is 14.6 Å². The van der Waals surface area contributed by atoms with Crippen molar-refractivity contribution >= 4 is 5.97 Å². The topological polar surface area (TPSA) is 70.3 Å². The smallest absolute Gasteiger partial charge is 0.347 e. The standard InChI is InChI=1S/C7H11NO3/c1-7(2,3)11-5(4-8)6(9)10/h5H,1-3H3,(H,9,10). The fourth-order valence-corrected chi connectivity index (χ4v) is 0.486. The molecule has 11 heavy (non-hydrogen) atoms. The van der Waals surface area contributed by atoms with Crippen LogP contribution in [-0.2, 0) is 9.53 Å². The lowest BCUT2D eigenvalue weighted by atomic mass is 10.2. The molecule has 0 aromatic carbocycles. The monoisotopic (exact) mass is 157 g/mol. The van der Waals surface area contributed by atoms with E-state index < -0.39 is 17.7 Å². The number of hydrogen-bond donors (Lipinski definition) is 1. The highest BCUT2D eigenvalue weighted by Crippen LogP contribution is 2.10. The second kappa shape index (κ2) is 3.35. The second-order valence-electron chi connectivity index (χ2n) is 3.08. The molecule has 0 bridgehead atoms. The molecule has 0 aliphatic carbocycles. The number of hydrogen-bond acceptors (Lipinski definition) is 3. The van der Waals surface area contributed by atoms with E-state index in [4.69, 9.17) is 15.1 Å². The van der Waals surface area contributed by atoms with Gasteiger partial charge in [-0.05, 0) is 20.8 Å². The van der Waals surface area contributed by atoms with Crippen molar-refractivity contribution in [3.63, 3.8) is 0 Å². The third-order valence-electron chi connectivity index (χ3n) is 0.813. The summed E-state index contributed by atoms with van der Waals surface area (Å²) in [4.78, 5) is 10.3. The molecular formula is C7H11NO3. The number of nitrogens with zero attached hydrogens (tertiary/aromatic N) is 1. The summed E-state index contributed by atoms with van der Waals surface area (Å²) in [6.45, 7) is 5.08. The quantitative estimate of drug-likeness (QED) is 0.643. The summed E-state index contributed by atoms with van der Waals surface area (Å²) < 4.78 is 4.89. The highest BCUT2D eigenvalue weighted by Gasteiger charge is 2.23. The van der Waals surface area contributed by atoms with E-state index in [0.29, 0.717) is 0 Å². The molecule has 62 valence electrons. The van der Waals surface area contributed by atoms with Gasteiger partial charge in [-0.15, -0.1) is 0 Å². The maximum Gasteiger partial charge on any atom is 0.347 e. The van der Waals surface area contributed by atoms with Crippen molar-refractivity contribution in [1.29, 1.82) is 5.26 Å². The predicted octanol–water partition coefficient (Wildman–Crippen LogP) is 0.778. The second-order valence-corrected chi connectivity index (χ2v) is 3.08. The molecule has 0 saturated heterocycles. The molecule has 0 heterocycles. The fourth-order valence-electron chi connectivity index (χ4n) is 0.486. The van der Waals surface area contributed by atoms with Gasteiger partial charge in [0.15, 0.2) is 0 Å². The first kappa shape index (κ1) is 9.92. The highest BCUT2D eigenvalue weighted by atomic mass is 16.5. The predicted molar refractivity (Wildman–Crippen MR) is 37.9 cm³/mol. The molecule has 0 aliphatic heterocycles. The summed E-state index contributed by atoms with van der Waals surface area (Å²) >= 11 is 0. The van der Waals surface area contributed by atoms with Gasteiger partial charge >= 0.3 is 5.97 Å². The van der Waals surface area contributed by atoms with Crippen LogP contribution in [0, 0.1) is 11.3 Å². The zero-order valence-corrected chi connectivity index (χ0v) is 6.79. The normalized spacial score (nSPS) is 13.6. The molecule has 0 rings (SSSR count). The molecule has 0 aromatic heterocycles. The summed E-state index contributed by atoms with van der Waals surface area (Å²) in [6.07, 6.45) is -1.37. The van der Waals surface area contributed by atoms with Crippen LogP contribution in [0.25, 0.3) is 0 Å². The largest absolute Gasteiger partial charge is 0.479 e. The Morgan fingerprint density at radius 1 is 1.64 bits per heavy atom. The lowest BCUT2D eigenvalue weighted by Crippen LogP contribution is -2.31. The Morgan fingerprint density at radius 2 is 2.09 bits per heavy atom. The highest BCUT2D eigenvalue weighted by molar-refractivity contribution is 5.75. The van der Waals surface area contributed by atoms with Crippen LogP contribution in [0.4, 0.5) is 0 Å². The Labute approximate surface area is 65.4 Å². The van der Waals surface area contributed by atoms with Gasteiger partial charge in [-0.1, -0.05) is 0 Å². The van der Waals surface area contributed by atoms with Crippen molar-refractivity contribution in [3.05, 3.63) is 0 Å². The number of aliphatic carboxylic acids is 1. The number of carbonyl (C=O) groups is 1. The molecular weight excluding hydrogens is 146 g/mol. The van der Waals surface area contributed by atoms with Gasteiger partial charge in [-0.2, -0.15) is 5.26 Å². The van der Waals surface area contributed by atoms with E-state index in [0.717, 1.165) is 0 Å². The fraction of sp³-hybridized carbons (Fsp3) is 0.714. The molecule has 0 fully saturated rings. The minimum absolute atomic E-state index is 0.598. The number of rotatable bonds is 2. The van der Waals surface area contributed by atoms with Gasteiger partial charge in [0, 0.05) is 0 Å². The molecule has 0 amide bonds. The average Bonchev–Trinajstić information content (AvgIpc) is 1.80. The average molecular weight is 157 g/mol. The maximum absolute atomic E-state index is 10.3. The molecule has 1 atom stereocenters. The molecule has 4 heteroatoms. The third-order valence-corrected chi connectivity index (χ3v) is 0.813. The first-order valence-corrected chi connectivity index (χ1v) is 3.17. The van der Waals surface area contributed by atoms with Crippen molar-refractivity contribution in [2.45, 2.75) is 32.5 Å². The zero-order valence-electron chi connectivity index (χ0n) is 6.79. The molecule has 0 aliphatic rings. The summed E-state index contributed by atoms with van der Waals surface area (Å²) in [5.41, 5.74) is -0.598. The van der Waals surface area contributed by atoms with Gasteiger partial charge in [0.25, 0.3) is 0 Å². The van der Waals surface area contributed by atoms with Gasteiger partial charge in [-0.3, -0.25) is 0 Å². The van der Waals surface area contributed by atoms with E-state index in [1.165, 1.54) is 6.07 Å². The number of nitriles is 1. The van der Waals surface area contributed by atoms with Crippen LogP contribution in [0.15, 0.2) is 0 Å². The van der Waals surface area contributed by atoms with Gasteiger partial charge in [0.05, 0.1) is 5.60 Å². The van der Waals surface area contributed by atoms with Gasteiger partial charge < -0.3 is 9.84 Å². The van der Waals surface area contributed by atoms with Crippen molar-refractivity contribution in [2.75, 3.05) is 0 Å². The van der Waals surface area contributed by atoms with E-state index in [1.54, 1.807) is 20.8 Å². The lowest BCUT2D eigenvalue weighted by molar-refractivity contribution is -0.153. The summed E-state index contributed by atoms with van der Waals surface area (Å²) in [7, 11) is 0. The van der Waals surface area contributed by atoms with Crippen LogP contribution in [0.5, 0.6) is 0 Å². The summed E-state index contributed by atoms with van der Waals surface area (Å²) in [5.74, 6) is -1.25. The maximum atomic E-state index is 10.3. The molecule has 0 radical (unpaired) electrons. The van der Waals surface area contributed by atoms with Gasteiger partial charge in [0.2, 0.25) is 6.10 Å². The van der Waals surface area contributed by atoms with Crippen molar-refractivity contribution in [1.82, 2.24) is 0 Å².